The highest BCUT2D eigenvalue weighted by molar-refractivity contribution is 5.64. The van der Waals surface area contributed by atoms with E-state index in [4.69, 9.17) is 5.11 Å². The Morgan fingerprint density at radius 1 is 1.45 bits per heavy atom. The SMILES string of the molecule is C[C@@H](O)c1ccc(N2CCC(CO)CC2)c([N+](=O)[O-])c1. The first-order valence-electron chi connectivity index (χ1n) is 6.85. The lowest BCUT2D eigenvalue weighted by Gasteiger charge is -2.32. The number of anilines is 1. The topological polar surface area (TPSA) is 86.8 Å². The number of benzene rings is 1. The van der Waals surface area contributed by atoms with E-state index in [-0.39, 0.29) is 12.3 Å². The van der Waals surface area contributed by atoms with Crippen LogP contribution in [0.15, 0.2) is 18.2 Å². The molecule has 1 aromatic rings. The Morgan fingerprint density at radius 3 is 2.60 bits per heavy atom. The number of nitro benzene ring substituents is 1. The Hall–Kier alpha value is -1.66. The van der Waals surface area contributed by atoms with E-state index in [1.807, 2.05) is 4.90 Å². The first-order valence-corrected chi connectivity index (χ1v) is 6.85. The quantitative estimate of drug-likeness (QED) is 0.649. The van der Waals surface area contributed by atoms with Gasteiger partial charge in [-0.25, -0.2) is 0 Å². The fourth-order valence-electron chi connectivity index (χ4n) is 2.57. The van der Waals surface area contributed by atoms with Crippen LogP contribution in [0.1, 0.15) is 31.4 Å². The minimum Gasteiger partial charge on any atom is -0.396 e. The van der Waals surface area contributed by atoms with Crippen molar-refractivity contribution < 1.29 is 15.1 Å². The van der Waals surface area contributed by atoms with Crippen molar-refractivity contribution in [2.75, 3.05) is 24.6 Å². The summed E-state index contributed by atoms with van der Waals surface area (Å²) in [5, 5.41) is 29.9. The van der Waals surface area contributed by atoms with Crippen LogP contribution < -0.4 is 4.90 Å². The molecular formula is C14H20N2O4. The molecule has 1 aromatic carbocycles. The van der Waals surface area contributed by atoms with Crippen molar-refractivity contribution >= 4 is 11.4 Å². The molecule has 1 aliphatic heterocycles. The van der Waals surface area contributed by atoms with Gasteiger partial charge in [-0.2, -0.15) is 0 Å². The summed E-state index contributed by atoms with van der Waals surface area (Å²) >= 11 is 0. The van der Waals surface area contributed by atoms with Gasteiger partial charge in [0.25, 0.3) is 5.69 Å². The van der Waals surface area contributed by atoms with Crippen molar-refractivity contribution in [1.29, 1.82) is 0 Å². The fourth-order valence-corrected chi connectivity index (χ4v) is 2.57. The second-order valence-corrected chi connectivity index (χ2v) is 5.29. The molecule has 2 N–H and O–H groups in total. The first-order chi connectivity index (χ1) is 9.52. The van der Waals surface area contributed by atoms with Crippen LogP contribution in [0.25, 0.3) is 0 Å². The maximum atomic E-state index is 11.2. The maximum Gasteiger partial charge on any atom is 0.292 e. The molecule has 2 rings (SSSR count). The molecule has 1 fully saturated rings. The molecule has 0 aromatic heterocycles. The Morgan fingerprint density at radius 2 is 2.10 bits per heavy atom. The van der Waals surface area contributed by atoms with Gasteiger partial charge in [-0.3, -0.25) is 10.1 Å². The van der Waals surface area contributed by atoms with Gasteiger partial charge in [-0.15, -0.1) is 0 Å². The summed E-state index contributed by atoms with van der Waals surface area (Å²) < 4.78 is 0. The molecule has 0 bridgehead atoms. The summed E-state index contributed by atoms with van der Waals surface area (Å²) in [6.45, 7) is 3.18. The second kappa shape index (κ2) is 6.19. The largest absolute Gasteiger partial charge is 0.396 e. The number of aliphatic hydroxyl groups excluding tert-OH is 2. The van der Waals surface area contributed by atoms with Crippen molar-refractivity contribution in [3.8, 4) is 0 Å². The second-order valence-electron chi connectivity index (χ2n) is 5.29. The number of nitrogens with zero attached hydrogens (tertiary/aromatic N) is 2. The van der Waals surface area contributed by atoms with E-state index < -0.39 is 11.0 Å². The van der Waals surface area contributed by atoms with E-state index in [0.717, 1.165) is 12.8 Å². The minimum atomic E-state index is -0.720. The van der Waals surface area contributed by atoms with E-state index in [1.54, 1.807) is 19.1 Å². The van der Waals surface area contributed by atoms with E-state index in [0.29, 0.717) is 30.3 Å². The molecule has 0 unspecified atom stereocenters. The highest BCUT2D eigenvalue weighted by Crippen LogP contribution is 2.33. The lowest BCUT2D eigenvalue weighted by atomic mass is 9.97. The van der Waals surface area contributed by atoms with Crippen LogP contribution in [0.4, 0.5) is 11.4 Å². The molecule has 110 valence electrons. The lowest BCUT2D eigenvalue weighted by molar-refractivity contribution is -0.384. The maximum absolute atomic E-state index is 11.2. The highest BCUT2D eigenvalue weighted by atomic mass is 16.6. The molecule has 0 saturated carbocycles. The van der Waals surface area contributed by atoms with E-state index in [2.05, 4.69) is 0 Å². The van der Waals surface area contributed by atoms with Crippen LogP contribution in [0, 0.1) is 16.0 Å². The Bertz CT molecular complexity index is 482. The van der Waals surface area contributed by atoms with Crippen LogP contribution in [-0.2, 0) is 0 Å². The lowest BCUT2D eigenvalue weighted by Crippen LogP contribution is -2.35. The molecule has 1 saturated heterocycles. The zero-order valence-electron chi connectivity index (χ0n) is 11.5. The van der Waals surface area contributed by atoms with Gasteiger partial charge in [-0.05, 0) is 37.3 Å². The van der Waals surface area contributed by atoms with Crippen molar-refractivity contribution in [3.63, 3.8) is 0 Å². The van der Waals surface area contributed by atoms with Crippen molar-refractivity contribution in [2.45, 2.75) is 25.9 Å². The zero-order chi connectivity index (χ0) is 14.7. The minimum absolute atomic E-state index is 0.0332. The van der Waals surface area contributed by atoms with Gasteiger partial charge < -0.3 is 15.1 Å². The number of rotatable bonds is 4. The zero-order valence-corrected chi connectivity index (χ0v) is 11.5. The summed E-state index contributed by atoms with van der Waals surface area (Å²) in [6, 6.07) is 4.88. The van der Waals surface area contributed by atoms with Crippen LogP contribution in [0.5, 0.6) is 0 Å². The highest BCUT2D eigenvalue weighted by Gasteiger charge is 2.25. The van der Waals surface area contributed by atoms with E-state index in [9.17, 15) is 15.2 Å². The molecule has 1 aliphatic rings. The van der Waals surface area contributed by atoms with Crippen LogP contribution in [0.2, 0.25) is 0 Å². The molecule has 6 heteroatoms. The standard InChI is InChI=1S/C14H20N2O4/c1-10(18)12-2-3-13(14(8-12)16(19)20)15-6-4-11(9-17)5-7-15/h2-3,8,10-11,17-18H,4-7,9H2,1H3/t10-/m1/s1. The summed E-state index contributed by atoms with van der Waals surface area (Å²) in [5.74, 6) is 0.294. The number of hydrogen-bond acceptors (Lipinski definition) is 5. The van der Waals surface area contributed by atoms with Crippen molar-refractivity contribution in [1.82, 2.24) is 0 Å². The van der Waals surface area contributed by atoms with Crippen LogP contribution in [0.3, 0.4) is 0 Å². The monoisotopic (exact) mass is 280 g/mol. The molecule has 0 radical (unpaired) electrons. The van der Waals surface area contributed by atoms with Crippen molar-refractivity contribution in [2.24, 2.45) is 5.92 Å². The van der Waals surface area contributed by atoms with Crippen LogP contribution in [-0.4, -0.2) is 34.8 Å². The van der Waals surface area contributed by atoms with E-state index in [1.165, 1.54) is 6.07 Å². The van der Waals surface area contributed by atoms with E-state index >= 15 is 0 Å². The van der Waals surface area contributed by atoms with Gasteiger partial charge in [0.1, 0.15) is 5.69 Å². The number of piperidine rings is 1. The summed E-state index contributed by atoms with van der Waals surface area (Å²) in [4.78, 5) is 12.8. The van der Waals surface area contributed by atoms with Gasteiger partial charge in [0.2, 0.25) is 0 Å². The normalized spacial score (nSPS) is 18.1. The third-order valence-electron chi connectivity index (χ3n) is 3.89. The molecule has 20 heavy (non-hydrogen) atoms. The molecular weight excluding hydrogens is 260 g/mol. The smallest absolute Gasteiger partial charge is 0.292 e. The number of hydrogen-bond donors (Lipinski definition) is 2. The molecule has 0 amide bonds. The molecule has 1 heterocycles. The Kier molecular flexibility index (Phi) is 4.57. The van der Waals surface area contributed by atoms with Gasteiger partial charge in [0.05, 0.1) is 11.0 Å². The first kappa shape index (κ1) is 14.7. The molecule has 0 aliphatic carbocycles. The predicted molar refractivity (Wildman–Crippen MR) is 75.8 cm³/mol. The Labute approximate surface area is 117 Å². The fraction of sp³-hybridized carbons (Fsp3) is 0.571. The van der Waals surface area contributed by atoms with Crippen molar-refractivity contribution in [3.05, 3.63) is 33.9 Å². The van der Waals surface area contributed by atoms with Gasteiger partial charge in [0, 0.05) is 25.8 Å². The molecule has 0 spiro atoms. The average molecular weight is 280 g/mol. The van der Waals surface area contributed by atoms with Gasteiger partial charge >= 0.3 is 0 Å². The van der Waals surface area contributed by atoms with Gasteiger partial charge in [-0.1, -0.05) is 6.07 Å². The number of aliphatic hydroxyl groups is 2. The third kappa shape index (κ3) is 3.08. The van der Waals surface area contributed by atoms with Gasteiger partial charge in [0.15, 0.2) is 0 Å². The summed E-state index contributed by atoms with van der Waals surface area (Å²) in [7, 11) is 0. The average Bonchev–Trinajstić information content (AvgIpc) is 2.46. The number of nitro groups is 1. The predicted octanol–water partition coefficient (Wildman–Crippen LogP) is 1.86. The summed E-state index contributed by atoms with van der Waals surface area (Å²) in [6.07, 6.45) is 0.959. The summed E-state index contributed by atoms with van der Waals surface area (Å²) in [5.41, 5.74) is 1.17. The Balaban J connectivity index is 2.25. The molecule has 6 nitrogen and oxygen atoms in total. The van der Waals surface area contributed by atoms with Crippen LogP contribution >= 0.6 is 0 Å². The molecule has 1 atom stereocenters. The third-order valence-corrected chi connectivity index (χ3v) is 3.89.